The van der Waals surface area contributed by atoms with Crippen LogP contribution in [-0.4, -0.2) is 87.5 Å². The van der Waals surface area contributed by atoms with Gasteiger partial charge in [0.15, 0.2) is 0 Å². The number of aliphatic hydroxyl groups excluding tert-OH is 2. The van der Waals surface area contributed by atoms with Crippen LogP contribution < -0.4 is 21.7 Å². The van der Waals surface area contributed by atoms with Crippen LogP contribution >= 0.6 is 0 Å². The van der Waals surface area contributed by atoms with Crippen molar-refractivity contribution in [2.24, 2.45) is 11.7 Å². The van der Waals surface area contributed by atoms with Crippen molar-refractivity contribution in [2.45, 2.75) is 50.9 Å². The predicted octanol–water partition coefficient (Wildman–Crippen LogP) is -3.64. The highest BCUT2D eigenvalue weighted by atomic mass is 16.4. The van der Waals surface area contributed by atoms with Crippen LogP contribution in [0.15, 0.2) is 0 Å². The molecular formula is C16H28N4O9. The van der Waals surface area contributed by atoms with Crippen molar-refractivity contribution in [3.05, 3.63) is 0 Å². The lowest BCUT2D eigenvalue weighted by Crippen LogP contribution is -2.58. The van der Waals surface area contributed by atoms with Gasteiger partial charge in [-0.15, -0.1) is 0 Å². The largest absolute Gasteiger partial charge is 0.481 e. The van der Waals surface area contributed by atoms with E-state index in [1.807, 2.05) is 5.32 Å². The molecule has 0 aromatic rings. The maximum absolute atomic E-state index is 12.4. The molecule has 0 bridgehead atoms. The van der Waals surface area contributed by atoms with E-state index in [-0.39, 0.29) is 12.3 Å². The first-order valence-corrected chi connectivity index (χ1v) is 8.75. The van der Waals surface area contributed by atoms with Gasteiger partial charge in [-0.2, -0.15) is 0 Å². The average Bonchev–Trinajstić information content (AvgIpc) is 2.62. The molecule has 0 aromatic heterocycles. The van der Waals surface area contributed by atoms with Crippen molar-refractivity contribution in [1.29, 1.82) is 0 Å². The Morgan fingerprint density at radius 2 is 1.28 bits per heavy atom. The van der Waals surface area contributed by atoms with Gasteiger partial charge >= 0.3 is 11.9 Å². The van der Waals surface area contributed by atoms with Crippen molar-refractivity contribution < 1.29 is 44.4 Å². The van der Waals surface area contributed by atoms with E-state index in [2.05, 4.69) is 10.6 Å². The third kappa shape index (κ3) is 9.82. The lowest BCUT2D eigenvalue weighted by Gasteiger charge is -2.25. The van der Waals surface area contributed by atoms with Gasteiger partial charge in [0.2, 0.25) is 17.7 Å². The van der Waals surface area contributed by atoms with Gasteiger partial charge in [0.05, 0.1) is 19.6 Å². The average molecular weight is 420 g/mol. The summed E-state index contributed by atoms with van der Waals surface area (Å²) in [4.78, 5) is 58.3. The molecule has 3 amide bonds. The minimum absolute atomic E-state index is 0.0687. The van der Waals surface area contributed by atoms with E-state index >= 15 is 0 Å². The van der Waals surface area contributed by atoms with Crippen molar-refractivity contribution in [2.75, 3.05) is 13.2 Å². The SMILES string of the molecule is CC(C)CC(NC(=O)C(CO)NC(=O)C(N)CO)C(=O)NC(CC(=O)O)C(=O)O. The van der Waals surface area contributed by atoms with Crippen LogP contribution in [0.25, 0.3) is 0 Å². The van der Waals surface area contributed by atoms with Crippen LogP contribution in [-0.2, 0) is 24.0 Å². The van der Waals surface area contributed by atoms with Crippen LogP contribution in [0.2, 0.25) is 0 Å². The first-order valence-electron chi connectivity index (χ1n) is 8.75. The summed E-state index contributed by atoms with van der Waals surface area (Å²) in [5.41, 5.74) is 5.31. The highest BCUT2D eigenvalue weighted by molar-refractivity contribution is 5.94. The quantitative estimate of drug-likeness (QED) is 0.146. The molecule has 0 radical (unpaired) electrons. The van der Waals surface area contributed by atoms with E-state index in [0.717, 1.165) is 0 Å². The first-order chi connectivity index (χ1) is 13.4. The normalized spacial score (nSPS) is 15.0. The van der Waals surface area contributed by atoms with E-state index in [1.165, 1.54) is 0 Å². The number of carbonyl (C=O) groups excluding carboxylic acids is 3. The molecule has 4 atom stereocenters. The third-order valence-electron chi connectivity index (χ3n) is 3.68. The molecule has 4 unspecified atom stereocenters. The summed E-state index contributed by atoms with van der Waals surface area (Å²) in [7, 11) is 0. The molecule has 13 heteroatoms. The second kappa shape index (κ2) is 12.6. The summed E-state index contributed by atoms with van der Waals surface area (Å²) >= 11 is 0. The molecular weight excluding hydrogens is 392 g/mol. The smallest absolute Gasteiger partial charge is 0.326 e. The second-order valence-corrected chi connectivity index (χ2v) is 6.72. The molecule has 0 aliphatic carbocycles. The van der Waals surface area contributed by atoms with Crippen molar-refractivity contribution >= 4 is 29.7 Å². The number of hydrogen-bond donors (Lipinski definition) is 8. The number of rotatable bonds is 13. The summed E-state index contributed by atoms with van der Waals surface area (Å²) in [6, 6.07) is -5.76. The van der Waals surface area contributed by atoms with Gasteiger partial charge in [-0.1, -0.05) is 13.8 Å². The number of carbonyl (C=O) groups is 5. The van der Waals surface area contributed by atoms with Crippen LogP contribution in [0, 0.1) is 5.92 Å². The summed E-state index contributed by atoms with van der Waals surface area (Å²) in [5, 5.41) is 42.4. The molecule has 0 fully saturated rings. The predicted molar refractivity (Wildman–Crippen MR) is 97.3 cm³/mol. The van der Waals surface area contributed by atoms with Crippen molar-refractivity contribution in [3.8, 4) is 0 Å². The maximum atomic E-state index is 12.4. The Bertz CT molecular complexity index is 611. The molecule has 0 spiro atoms. The van der Waals surface area contributed by atoms with Crippen LogP contribution in [0.5, 0.6) is 0 Å². The van der Waals surface area contributed by atoms with Gasteiger partial charge in [0.1, 0.15) is 24.2 Å². The summed E-state index contributed by atoms with van der Waals surface area (Å²) < 4.78 is 0. The van der Waals surface area contributed by atoms with E-state index in [4.69, 9.17) is 21.1 Å². The molecule has 0 aliphatic rings. The third-order valence-corrected chi connectivity index (χ3v) is 3.68. The van der Waals surface area contributed by atoms with Crippen molar-refractivity contribution in [3.63, 3.8) is 0 Å². The highest BCUT2D eigenvalue weighted by Gasteiger charge is 2.31. The van der Waals surface area contributed by atoms with Crippen LogP contribution in [0.4, 0.5) is 0 Å². The molecule has 0 saturated carbocycles. The summed E-state index contributed by atoms with van der Waals surface area (Å²) in [6.07, 6.45) is -0.795. The lowest BCUT2D eigenvalue weighted by atomic mass is 10.0. The molecule has 0 heterocycles. The van der Waals surface area contributed by atoms with Crippen LogP contribution in [0.1, 0.15) is 26.7 Å². The number of amides is 3. The van der Waals surface area contributed by atoms with Crippen LogP contribution in [0.3, 0.4) is 0 Å². The summed E-state index contributed by atoms with van der Waals surface area (Å²) in [5.74, 6) is -5.91. The Balaban J connectivity index is 5.27. The topological polar surface area (TPSA) is 228 Å². The minimum Gasteiger partial charge on any atom is -0.481 e. The fourth-order valence-electron chi connectivity index (χ4n) is 2.18. The maximum Gasteiger partial charge on any atom is 0.326 e. The Labute approximate surface area is 166 Å². The monoisotopic (exact) mass is 420 g/mol. The fraction of sp³-hybridized carbons (Fsp3) is 0.688. The highest BCUT2D eigenvalue weighted by Crippen LogP contribution is 2.07. The number of nitrogens with two attached hydrogens (primary N) is 1. The Kier molecular flexibility index (Phi) is 11.4. The van der Waals surface area contributed by atoms with E-state index in [0.29, 0.717) is 0 Å². The molecule has 13 nitrogen and oxygen atoms in total. The second-order valence-electron chi connectivity index (χ2n) is 6.72. The molecule has 0 aliphatic heterocycles. The molecule has 0 rings (SSSR count). The molecule has 0 aromatic carbocycles. The molecule has 29 heavy (non-hydrogen) atoms. The standard InChI is InChI=1S/C16H28N4O9/c1-7(2)3-9(14(26)19-10(16(28)29)4-12(23)24)18-15(27)11(6-22)20-13(25)8(17)5-21/h7-11,21-22H,3-6,17H2,1-2H3,(H,18,27)(H,19,26)(H,20,25)(H,23,24)(H,28,29). The van der Waals surface area contributed by atoms with Gasteiger partial charge in [-0.25, -0.2) is 4.79 Å². The van der Waals surface area contributed by atoms with Gasteiger partial charge in [-0.3, -0.25) is 19.2 Å². The first kappa shape index (κ1) is 26.2. The van der Waals surface area contributed by atoms with E-state index in [9.17, 15) is 29.1 Å². The van der Waals surface area contributed by atoms with Gasteiger partial charge in [-0.05, 0) is 12.3 Å². The number of carboxylic acids is 2. The summed E-state index contributed by atoms with van der Waals surface area (Å²) in [6.45, 7) is 1.93. The molecule has 0 saturated heterocycles. The zero-order valence-corrected chi connectivity index (χ0v) is 16.1. The van der Waals surface area contributed by atoms with Gasteiger partial charge in [0, 0.05) is 0 Å². The Morgan fingerprint density at radius 3 is 1.69 bits per heavy atom. The fourth-order valence-corrected chi connectivity index (χ4v) is 2.18. The number of carboxylic acid groups (broad SMARTS) is 2. The number of nitrogens with one attached hydrogen (secondary N) is 3. The zero-order chi connectivity index (χ0) is 22.7. The number of aliphatic hydroxyl groups is 2. The Morgan fingerprint density at radius 1 is 0.793 bits per heavy atom. The zero-order valence-electron chi connectivity index (χ0n) is 16.1. The number of hydrogen-bond acceptors (Lipinski definition) is 8. The van der Waals surface area contributed by atoms with Gasteiger partial charge in [0.25, 0.3) is 0 Å². The van der Waals surface area contributed by atoms with Gasteiger partial charge < -0.3 is 42.1 Å². The number of aliphatic carboxylic acids is 2. The molecule has 9 N–H and O–H groups in total. The Hall–Kier alpha value is -2.77. The van der Waals surface area contributed by atoms with E-state index < -0.39 is 73.5 Å². The minimum atomic E-state index is -1.71. The lowest BCUT2D eigenvalue weighted by molar-refractivity contribution is -0.147. The van der Waals surface area contributed by atoms with E-state index in [1.54, 1.807) is 13.8 Å². The molecule has 166 valence electrons. The van der Waals surface area contributed by atoms with Crippen molar-refractivity contribution in [1.82, 2.24) is 16.0 Å².